The number of carbonyl (C=O) groups is 1. The number of rotatable bonds is 6. The first kappa shape index (κ1) is 11.6. The highest BCUT2D eigenvalue weighted by atomic mass is 16.5. The molecule has 1 heterocycles. The molecule has 7 nitrogen and oxygen atoms in total. The van der Waals surface area contributed by atoms with Crippen LogP contribution in [-0.2, 0) is 4.74 Å². The van der Waals surface area contributed by atoms with Crippen LogP contribution in [0.3, 0.4) is 0 Å². The van der Waals surface area contributed by atoms with Crippen LogP contribution in [0.2, 0.25) is 0 Å². The molecule has 84 valence electrons. The largest absolute Gasteiger partial charge is 0.394 e. The van der Waals surface area contributed by atoms with Gasteiger partial charge in [0.15, 0.2) is 0 Å². The van der Waals surface area contributed by atoms with Crippen LogP contribution >= 0.6 is 0 Å². The Kier molecular flexibility index (Phi) is 4.72. The van der Waals surface area contributed by atoms with Crippen molar-refractivity contribution in [3.8, 4) is 0 Å². The zero-order valence-electron chi connectivity index (χ0n) is 8.49. The summed E-state index contributed by atoms with van der Waals surface area (Å²) >= 11 is 0. The van der Waals surface area contributed by atoms with E-state index in [1.165, 1.54) is 0 Å². The van der Waals surface area contributed by atoms with Crippen molar-refractivity contribution in [2.24, 2.45) is 0 Å². The highest BCUT2D eigenvalue weighted by Gasteiger charge is 2.09. The van der Waals surface area contributed by atoms with Crippen LogP contribution in [0.5, 0.6) is 0 Å². The Bertz CT molecular complexity index is 313. The molecule has 0 saturated heterocycles. The molecule has 3 N–H and O–H groups in total. The number of aliphatic hydroxyl groups excluding tert-OH is 1. The molecule has 0 aliphatic rings. The van der Waals surface area contributed by atoms with Crippen LogP contribution in [0.15, 0.2) is 0 Å². The number of aryl methyl sites for hydroxylation is 1. The molecule has 0 fully saturated rings. The van der Waals surface area contributed by atoms with E-state index in [1.807, 2.05) is 0 Å². The number of hydrogen-bond acceptors (Lipinski definition) is 5. The summed E-state index contributed by atoms with van der Waals surface area (Å²) in [5, 5.41) is 17.3. The minimum absolute atomic E-state index is 0.0198. The summed E-state index contributed by atoms with van der Waals surface area (Å²) in [4.78, 5) is 15.2. The quantitative estimate of drug-likeness (QED) is 0.519. The molecular formula is C8H14N4O3. The summed E-state index contributed by atoms with van der Waals surface area (Å²) in [5.41, 5.74) is 0. The zero-order chi connectivity index (χ0) is 11.1. The summed E-state index contributed by atoms with van der Waals surface area (Å²) in [7, 11) is 0. The van der Waals surface area contributed by atoms with E-state index in [4.69, 9.17) is 9.84 Å². The lowest BCUT2D eigenvalue weighted by Crippen LogP contribution is -2.28. The fraction of sp³-hybridized carbons (Fsp3) is 0.625. The van der Waals surface area contributed by atoms with E-state index in [9.17, 15) is 4.79 Å². The van der Waals surface area contributed by atoms with E-state index in [-0.39, 0.29) is 24.9 Å². The Morgan fingerprint density at radius 1 is 1.60 bits per heavy atom. The minimum atomic E-state index is -0.341. The average Bonchev–Trinajstić information content (AvgIpc) is 2.64. The van der Waals surface area contributed by atoms with Gasteiger partial charge in [-0.25, -0.2) is 4.98 Å². The van der Waals surface area contributed by atoms with Crippen molar-refractivity contribution in [3.63, 3.8) is 0 Å². The number of ether oxygens (including phenoxy) is 1. The van der Waals surface area contributed by atoms with Crippen molar-refractivity contribution < 1.29 is 14.6 Å². The number of amides is 1. The van der Waals surface area contributed by atoms with Crippen molar-refractivity contribution in [3.05, 3.63) is 11.6 Å². The number of nitrogens with one attached hydrogen (secondary N) is 2. The van der Waals surface area contributed by atoms with Crippen molar-refractivity contribution in [2.75, 3.05) is 26.4 Å². The van der Waals surface area contributed by atoms with Crippen LogP contribution in [-0.4, -0.2) is 52.6 Å². The Hall–Kier alpha value is -1.47. The molecule has 0 aromatic carbocycles. The molecule has 7 heteroatoms. The molecule has 0 aliphatic heterocycles. The average molecular weight is 214 g/mol. The lowest BCUT2D eigenvalue weighted by atomic mass is 10.5. The maximum Gasteiger partial charge on any atom is 0.291 e. The van der Waals surface area contributed by atoms with Gasteiger partial charge >= 0.3 is 0 Å². The van der Waals surface area contributed by atoms with Gasteiger partial charge in [-0.15, -0.1) is 5.10 Å². The lowest BCUT2D eigenvalue weighted by molar-refractivity contribution is 0.0832. The third kappa shape index (κ3) is 4.05. The normalized spacial score (nSPS) is 10.3. The van der Waals surface area contributed by atoms with E-state index >= 15 is 0 Å². The number of nitrogens with zero attached hydrogens (tertiary/aromatic N) is 2. The molecule has 0 aliphatic carbocycles. The van der Waals surface area contributed by atoms with Gasteiger partial charge in [-0.2, -0.15) is 0 Å². The second kappa shape index (κ2) is 6.10. The standard InChI is InChI=1S/C8H14N4O3/c1-6-10-7(12-11-6)8(14)9-2-4-15-5-3-13/h13H,2-5H2,1H3,(H,9,14)(H,10,11,12). The number of aromatic amines is 1. The van der Waals surface area contributed by atoms with E-state index < -0.39 is 0 Å². The van der Waals surface area contributed by atoms with Crippen molar-refractivity contribution in [2.45, 2.75) is 6.92 Å². The first-order valence-electron chi connectivity index (χ1n) is 4.60. The van der Waals surface area contributed by atoms with Crippen LogP contribution in [0.4, 0.5) is 0 Å². The predicted molar refractivity (Wildman–Crippen MR) is 51.4 cm³/mol. The summed E-state index contributed by atoms with van der Waals surface area (Å²) in [5.74, 6) is 0.373. The van der Waals surface area contributed by atoms with Gasteiger partial charge in [0.05, 0.1) is 19.8 Å². The highest BCUT2D eigenvalue weighted by Crippen LogP contribution is 1.89. The predicted octanol–water partition coefficient (Wildman–Crippen LogP) is -1.15. The van der Waals surface area contributed by atoms with Crippen LogP contribution in [0, 0.1) is 6.92 Å². The smallest absolute Gasteiger partial charge is 0.291 e. The van der Waals surface area contributed by atoms with Crippen LogP contribution < -0.4 is 5.32 Å². The minimum Gasteiger partial charge on any atom is -0.394 e. The molecular weight excluding hydrogens is 200 g/mol. The second-order valence-electron chi connectivity index (χ2n) is 2.84. The molecule has 0 atom stereocenters. The zero-order valence-corrected chi connectivity index (χ0v) is 8.49. The van der Waals surface area contributed by atoms with Crippen molar-refractivity contribution >= 4 is 5.91 Å². The van der Waals surface area contributed by atoms with E-state index in [0.717, 1.165) is 0 Å². The van der Waals surface area contributed by atoms with Gasteiger partial charge < -0.3 is 15.2 Å². The molecule has 1 aromatic heterocycles. The fourth-order valence-electron chi connectivity index (χ4n) is 0.927. The summed E-state index contributed by atoms with van der Waals surface area (Å²) in [6.07, 6.45) is 0. The number of hydrogen-bond donors (Lipinski definition) is 3. The maximum atomic E-state index is 11.3. The van der Waals surface area contributed by atoms with Gasteiger partial charge in [0.2, 0.25) is 5.82 Å². The van der Waals surface area contributed by atoms with E-state index in [2.05, 4.69) is 20.5 Å². The molecule has 1 amide bonds. The van der Waals surface area contributed by atoms with E-state index in [0.29, 0.717) is 19.0 Å². The van der Waals surface area contributed by atoms with Gasteiger partial charge in [0, 0.05) is 6.54 Å². The Balaban J connectivity index is 2.19. The van der Waals surface area contributed by atoms with Gasteiger partial charge in [-0.05, 0) is 6.92 Å². The highest BCUT2D eigenvalue weighted by molar-refractivity contribution is 5.90. The SMILES string of the molecule is Cc1nc(C(=O)NCCOCCO)n[nH]1. The van der Waals surface area contributed by atoms with Gasteiger partial charge in [-0.3, -0.25) is 9.89 Å². The molecule has 0 bridgehead atoms. The molecule has 15 heavy (non-hydrogen) atoms. The summed E-state index contributed by atoms with van der Waals surface area (Å²) < 4.78 is 4.96. The summed E-state index contributed by atoms with van der Waals surface area (Å²) in [6.45, 7) is 2.69. The lowest BCUT2D eigenvalue weighted by Gasteiger charge is -2.02. The second-order valence-corrected chi connectivity index (χ2v) is 2.84. The Labute approximate surface area is 86.9 Å². The number of H-pyrrole nitrogens is 1. The maximum absolute atomic E-state index is 11.3. The fourth-order valence-corrected chi connectivity index (χ4v) is 0.927. The first-order chi connectivity index (χ1) is 7.24. The topological polar surface area (TPSA) is 100 Å². The first-order valence-corrected chi connectivity index (χ1v) is 4.60. The van der Waals surface area contributed by atoms with Gasteiger partial charge in [0.25, 0.3) is 5.91 Å². The third-order valence-electron chi connectivity index (χ3n) is 1.57. The molecule has 1 rings (SSSR count). The van der Waals surface area contributed by atoms with Crippen molar-refractivity contribution in [1.29, 1.82) is 0 Å². The van der Waals surface area contributed by atoms with Crippen molar-refractivity contribution in [1.82, 2.24) is 20.5 Å². The Morgan fingerprint density at radius 2 is 2.40 bits per heavy atom. The summed E-state index contributed by atoms with van der Waals surface area (Å²) in [6, 6.07) is 0. The van der Waals surface area contributed by atoms with E-state index in [1.54, 1.807) is 6.92 Å². The van der Waals surface area contributed by atoms with Gasteiger partial charge in [0.1, 0.15) is 5.82 Å². The molecule has 0 saturated carbocycles. The number of aromatic nitrogens is 3. The number of aliphatic hydroxyl groups is 1. The molecule has 0 radical (unpaired) electrons. The van der Waals surface area contributed by atoms with Crippen LogP contribution in [0.25, 0.3) is 0 Å². The molecule has 0 unspecified atom stereocenters. The monoisotopic (exact) mass is 214 g/mol. The third-order valence-corrected chi connectivity index (χ3v) is 1.57. The Morgan fingerprint density at radius 3 is 3.00 bits per heavy atom. The molecule has 0 spiro atoms. The number of carbonyl (C=O) groups excluding carboxylic acids is 1. The van der Waals surface area contributed by atoms with Crippen LogP contribution in [0.1, 0.15) is 16.4 Å². The van der Waals surface area contributed by atoms with Gasteiger partial charge in [-0.1, -0.05) is 0 Å². The molecule has 1 aromatic rings.